The topological polar surface area (TPSA) is 29.5 Å². The highest BCUT2D eigenvalue weighted by Gasteiger charge is 2.13. The number of nitrogens with zero attached hydrogens (tertiary/aromatic N) is 1. The minimum atomic E-state index is 0.214. The van der Waals surface area contributed by atoms with Crippen LogP contribution in [-0.4, -0.2) is 37.4 Å². The third-order valence-corrected chi connectivity index (χ3v) is 3.93. The summed E-state index contributed by atoms with van der Waals surface area (Å²) in [5.74, 6) is 1.00. The predicted molar refractivity (Wildman–Crippen MR) is 86.0 cm³/mol. The fourth-order valence-corrected chi connectivity index (χ4v) is 2.77. The molecule has 0 bridgehead atoms. The lowest BCUT2D eigenvalue weighted by molar-refractivity contribution is 0.0982. The van der Waals surface area contributed by atoms with Gasteiger partial charge in [0.25, 0.3) is 0 Å². The van der Waals surface area contributed by atoms with Crippen LogP contribution in [0.1, 0.15) is 43.0 Å². The van der Waals surface area contributed by atoms with E-state index in [1.165, 1.54) is 12.0 Å². The van der Waals surface area contributed by atoms with E-state index in [0.29, 0.717) is 6.42 Å². The smallest absolute Gasteiger partial charge is 0.163 e. The minimum Gasteiger partial charge on any atom is -0.497 e. The van der Waals surface area contributed by atoms with Gasteiger partial charge in [0.1, 0.15) is 5.75 Å². The molecule has 0 spiro atoms. The van der Waals surface area contributed by atoms with Gasteiger partial charge in [-0.3, -0.25) is 9.69 Å². The molecule has 0 unspecified atom stereocenters. The number of ketones is 1. The summed E-state index contributed by atoms with van der Waals surface area (Å²) < 4.78 is 5.11. The second-order valence-electron chi connectivity index (χ2n) is 5.58. The van der Waals surface area contributed by atoms with E-state index in [1.54, 1.807) is 7.11 Å². The molecule has 1 aromatic rings. The van der Waals surface area contributed by atoms with E-state index >= 15 is 0 Å². The third-order valence-electron chi connectivity index (χ3n) is 3.93. The van der Waals surface area contributed by atoms with E-state index in [2.05, 4.69) is 17.9 Å². The maximum absolute atomic E-state index is 12.2. The molecule has 0 aliphatic carbocycles. The second-order valence-corrected chi connectivity index (χ2v) is 5.58. The third kappa shape index (κ3) is 4.71. The molecular weight excluding hydrogens is 262 g/mol. The first kappa shape index (κ1) is 15.8. The van der Waals surface area contributed by atoms with Crippen LogP contribution in [0.3, 0.4) is 0 Å². The van der Waals surface area contributed by atoms with Crippen LogP contribution in [0.2, 0.25) is 0 Å². The Kier molecular flexibility index (Phi) is 6.00. The standard InChI is InChI=1S/C18H25NO2/c1-3-12-19-13-4-5-15(14-19)6-11-18(20)16-7-9-17(21-2)10-8-16/h5,7-10H,3-4,6,11-14H2,1-2H3. The highest BCUT2D eigenvalue weighted by atomic mass is 16.5. The van der Waals surface area contributed by atoms with Crippen molar-refractivity contribution < 1.29 is 9.53 Å². The SMILES string of the molecule is CCCN1CCC=C(CCC(=O)c2ccc(OC)cc2)C1. The lowest BCUT2D eigenvalue weighted by Gasteiger charge is -2.26. The molecule has 0 N–H and O–H groups in total. The maximum atomic E-state index is 12.2. The Morgan fingerprint density at radius 3 is 2.71 bits per heavy atom. The van der Waals surface area contributed by atoms with Crippen LogP contribution < -0.4 is 4.74 Å². The fourth-order valence-electron chi connectivity index (χ4n) is 2.77. The first-order valence-electron chi connectivity index (χ1n) is 7.80. The fraction of sp³-hybridized carbons (Fsp3) is 0.500. The molecule has 3 nitrogen and oxygen atoms in total. The Hall–Kier alpha value is -1.61. The molecular formula is C18H25NO2. The van der Waals surface area contributed by atoms with Gasteiger partial charge in [-0.2, -0.15) is 0 Å². The van der Waals surface area contributed by atoms with Gasteiger partial charge in [-0.15, -0.1) is 0 Å². The summed E-state index contributed by atoms with van der Waals surface area (Å²) in [4.78, 5) is 14.7. The quantitative estimate of drug-likeness (QED) is 0.565. The van der Waals surface area contributed by atoms with Crippen molar-refractivity contribution in [2.24, 2.45) is 0 Å². The molecule has 0 saturated carbocycles. The second kappa shape index (κ2) is 7.99. The number of ether oxygens (including phenoxy) is 1. The predicted octanol–water partition coefficient (Wildman–Crippen LogP) is 3.70. The van der Waals surface area contributed by atoms with Crippen molar-refractivity contribution >= 4 is 5.78 Å². The van der Waals surface area contributed by atoms with E-state index in [4.69, 9.17) is 4.74 Å². The molecule has 0 fully saturated rings. The molecule has 1 aliphatic heterocycles. The molecule has 0 saturated heterocycles. The lowest BCUT2D eigenvalue weighted by atomic mass is 10.00. The van der Waals surface area contributed by atoms with Crippen molar-refractivity contribution in [1.82, 2.24) is 4.90 Å². The highest BCUT2D eigenvalue weighted by Crippen LogP contribution is 2.18. The van der Waals surface area contributed by atoms with Gasteiger partial charge in [0.2, 0.25) is 0 Å². The normalized spacial score (nSPS) is 15.6. The van der Waals surface area contributed by atoms with E-state index < -0.39 is 0 Å². The van der Waals surface area contributed by atoms with Gasteiger partial charge in [0.05, 0.1) is 7.11 Å². The Labute approximate surface area is 127 Å². The molecule has 21 heavy (non-hydrogen) atoms. The summed E-state index contributed by atoms with van der Waals surface area (Å²) >= 11 is 0. The van der Waals surface area contributed by atoms with E-state index in [-0.39, 0.29) is 5.78 Å². The van der Waals surface area contributed by atoms with Crippen molar-refractivity contribution in [2.45, 2.75) is 32.6 Å². The monoisotopic (exact) mass is 287 g/mol. The van der Waals surface area contributed by atoms with Gasteiger partial charge in [-0.1, -0.05) is 18.6 Å². The van der Waals surface area contributed by atoms with Crippen molar-refractivity contribution in [2.75, 3.05) is 26.7 Å². The molecule has 0 aromatic heterocycles. The van der Waals surface area contributed by atoms with E-state index in [0.717, 1.165) is 43.8 Å². The van der Waals surface area contributed by atoms with Gasteiger partial charge in [-0.25, -0.2) is 0 Å². The molecule has 1 aliphatic rings. The van der Waals surface area contributed by atoms with Crippen LogP contribution in [0.25, 0.3) is 0 Å². The molecule has 3 heteroatoms. The highest BCUT2D eigenvalue weighted by molar-refractivity contribution is 5.96. The average Bonchev–Trinajstić information content (AvgIpc) is 2.53. The average molecular weight is 287 g/mol. The van der Waals surface area contributed by atoms with Crippen molar-refractivity contribution in [3.05, 3.63) is 41.5 Å². The zero-order valence-electron chi connectivity index (χ0n) is 13.1. The van der Waals surface area contributed by atoms with Crippen LogP contribution in [-0.2, 0) is 0 Å². The molecule has 0 atom stereocenters. The zero-order valence-corrected chi connectivity index (χ0v) is 13.1. The van der Waals surface area contributed by atoms with E-state index in [9.17, 15) is 4.79 Å². The molecule has 0 amide bonds. The summed E-state index contributed by atoms with van der Waals surface area (Å²) in [6.07, 6.45) is 6.10. The van der Waals surface area contributed by atoms with Crippen molar-refractivity contribution in [3.8, 4) is 5.75 Å². The first-order valence-corrected chi connectivity index (χ1v) is 7.80. The number of hydrogen-bond acceptors (Lipinski definition) is 3. The molecule has 1 aromatic carbocycles. The summed E-state index contributed by atoms with van der Waals surface area (Å²) in [6, 6.07) is 7.38. The van der Waals surface area contributed by atoms with Gasteiger partial charge < -0.3 is 4.74 Å². The molecule has 1 heterocycles. The summed E-state index contributed by atoms with van der Waals surface area (Å²) in [5, 5.41) is 0. The van der Waals surface area contributed by atoms with Gasteiger partial charge in [-0.05, 0) is 50.1 Å². The van der Waals surface area contributed by atoms with Crippen LogP contribution in [0.15, 0.2) is 35.9 Å². The van der Waals surface area contributed by atoms with Gasteiger partial charge in [0, 0.05) is 25.1 Å². The van der Waals surface area contributed by atoms with Crippen molar-refractivity contribution in [1.29, 1.82) is 0 Å². The van der Waals surface area contributed by atoms with E-state index in [1.807, 2.05) is 24.3 Å². The number of carbonyl (C=O) groups is 1. The van der Waals surface area contributed by atoms with Crippen LogP contribution in [0.5, 0.6) is 5.75 Å². The summed E-state index contributed by atoms with van der Waals surface area (Å²) in [7, 11) is 1.63. The first-order chi connectivity index (χ1) is 10.2. The van der Waals surface area contributed by atoms with Crippen LogP contribution >= 0.6 is 0 Å². The summed E-state index contributed by atoms with van der Waals surface area (Å²) in [5.41, 5.74) is 2.19. The Balaban J connectivity index is 1.84. The number of benzene rings is 1. The summed E-state index contributed by atoms with van der Waals surface area (Å²) in [6.45, 7) is 5.56. The number of rotatable bonds is 7. The van der Waals surface area contributed by atoms with Gasteiger partial charge >= 0.3 is 0 Å². The Bertz CT molecular complexity index is 490. The van der Waals surface area contributed by atoms with Gasteiger partial charge in [0.15, 0.2) is 5.78 Å². The molecule has 2 rings (SSSR count). The molecule has 0 radical (unpaired) electrons. The number of carbonyl (C=O) groups excluding carboxylic acids is 1. The lowest BCUT2D eigenvalue weighted by Crippen LogP contribution is -2.30. The Morgan fingerprint density at radius 2 is 2.05 bits per heavy atom. The number of methoxy groups -OCH3 is 1. The molecule has 114 valence electrons. The Morgan fingerprint density at radius 1 is 1.29 bits per heavy atom. The maximum Gasteiger partial charge on any atom is 0.163 e. The minimum absolute atomic E-state index is 0.214. The zero-order chi connectivity index (χ0) is 15.1. The van der Waals surface area contributed by atoms with Crippen molar-refractivity contribution in [3.63, 3.8) is 0 Å². The largest absolute Gasteiger partial charge is 0.497 e. The van der Waals surface area contributed by atoms with Crippen LogP contribution in [0, 0.1) is 0 Å². The van der Waals surface area contributed by atoms with Crippen LogP contribution in [0.4, 0.5) is 0 Å². The number of hydrogen-bond donors (Lipinski definition) is 0. The number of Topliss-reactive ketones (excluding diaryl/α,β-unsaturated/α-hetero) is 1.